The molecule has 2 N–H and O–H groups in total. The van der Waals surface area contributed by atoms with E-state index in [2.05, 4.69) is 17.6 Å². The average Bonchev–Trinajstić information content (AvgIpc) is 2.87. The maximum atomic E-state index is 11.8. The zero-order valence-corrected chi connectivity index (χ0v) is 11.1. The molecule has 0 aliphatic carbocycles. The molecule has 2 bridgehead atoms. The number of carbonyl (C=O) groups is 1. The number of amides is 1. The summed E-state index contributed by atoms with van der Waals surface area (Å²) in [5, 5.41) is 6.35. The van der Waals surface area contributed by atoms with Crippen molar-refractivity contribution in [1.82, 2.24) is 10.6 Å². The molecule has 0 aromatic carbocycles. The molecule has 0 aromatic heterocycles. The highest BCUT2D eigenvalue weighted by Gasteiger charge is 2.40. The van der Waals surface area contributed by atoms with Crippen molar-refractivity contribution < 1.29 is 9.53 Å². The van der Waals surface area contributed by atoms with E-state index in [-0.39, 0.29) is 11.4 Å². The van der Waals surface area contributed by atoms with E-state index >= 15 is 0 Å². The first-order valence-electron chi connectivity index (χ1n) is 6.70. The fraction of sp³-hybridized carbons (Fsp3) is 0.923. The van der Waals surface area contributed by atoms with Crippen LogP contribution < -0.4 is 10.6 Å². The van der Waals surface area contributed by atoms with Gasteiger partial charge in [-0.1, -0.05) is 6.92 Å². The summed E-state index contributed by atoms with van der Waals surface area (Å²) in [6.07, 6.45) is 5.12. The number of hydrogen-bond acceptors (Lipinski definition) is 3. The molecule has 0 saturated carbocycles. The molecule has 0 aromatic rings. The van der Waals surface area contributed by atoms with Gasteiger partial charge in [0.25, 0.3) is 0 Å². The van der Waals surface area contributed by atoms with Gasteiger partial charge in [-0.15, -0.1) is 0 Å². The van der Waals surface area contributed by atoms with Crippen LogP contribution in [0.25, 0.3) is 0 Å². The highest BCUT2D eigenvalue weighted by molar-refractivity contribution is 5.78. The fourth-order valence-corrected chi connectivity index (χ4v) is 2.59. The highest BCUT2D eigenvalue weighted by atomic mass is 16.5. The van der Waals surface area contributed by atoms with Crippen molar-refractivity contribution in [2.45, 2.75) is 70.2 Å². The molecule has 3 unspecified atom stereocenters. The van der Waals surface area contributed by atoms with Gasteiger partial charge in [-0.2, -0.15) is 0 Å². The molecular formula is C13H24N2O2. The number of fused-ring (bicyclic) bond motifs is 2. The van der Waals surface area contributed by atoms with Gasteiger partial charge in [0.2, 0.25) is 5.91 Å². The van der Waals surface area contributed by atoms with Gasteiger partial charge in [0, 0.05) is 11.6 Å². The van der Waals surface area contributed by atoms with Crippen LogP contribution in [0.3, 0.4) is 0 Å². The summed E-state index contributed by atoms with van der Waals surface area (Å²) in [6, 6.07) is 0.379. The summed E-state index contributed by atoms with van der Waals surface area (Å²) < 4.78 is 5.75. The number of carbonyl (C=O) groups excluding carboxylic acids is 1. The third kappa shape index (κ3) is 3.19. The monoisotopic (exact) mass is 240 g/mol. The zero-order valence-electron chi connectivity index (χ0n) is 11.1. The molecule has 2 saturated heterocycles. The van der Waals surface area contributed by atoms with Crippen LogP contribution in [0.1, 0.15) is 46.5 Å². The summed E-state index contributed by atoms with van der Waals surface area (Å²) in [4.78, 5) is 11.8. The predicted molar refractivity (Wildman–Crippen MR) is 66.8 cm³/mol. The second-order valence-electron chi connectivity index (χ2n) is 5.88. The Bertz CT molecular complexity index is 291. The van der Waals surface area contributed by atoms with Gasteiger partial charge in [0.05, 0.1) is 18.8 Å². The predicted octanol–water partition coefficient (Wildman–Crippen LogP) is 1.20. The highest BCUT2D eigenvalue weighted by Crippen LogP contribution is 2.34. The SMILES string of the molecule is CCC(C)(C)NC(=O)CNC1CC2CCC1O2. The minimum Gasteiger partial charge on any atom is -0.373 e. The third-order valence-corrected chi connectivity index (χ3v) is 3.99. The zero-order chi connectivity index (χ0) is 12.5. The summed E-state index contributed by atoms with van der Waals surface area (Å²) in [5.74, 6) is 0.0830. The van der Waals surface area contributed by atoms with Crippen LogP contribution in [0.15, 0.2) is 0 Å². The Balaban J connectivity index is 1.70. The van der Waals surface area contributed by atoms with Crippen LogP contribution in [0, 0.1) is 0 Å². The maximum Gasteiger partial charge on any atom is 0.234 e. The first-order valence-corrected chi connectivity index (χ1v) is 6.70. The molecule has 4 nitrogen and oxygen atoms in total. The largest absolute Gasteiger partial charge is 0.373 e. The van der Waals surface area contributed by atoms with Crippen LogP contribution in [-0.4, -0.2) is 36.2 Å². The van der Waals surface area contributed by atoms with E-state index in [4.69, 9.17) is 4.74 Å². The summed E-state index contributed by atoms with van der Waals surface area (Å²) in [6.45, 7) is 6.58. The number of nitrogens with one attached hydrogen (secondary N) is 2. The Hall–Kier alpha value is -0.610. The molecule has 1 amide bonds. The van der Waals surface area contributed by atoms with Crippen molar-refractivity contribution in [1.29, 1.82) is 0 Å². The lowest BCUT2D eigenvalue weighted by atomic mass is 9.95. The lowest BCUT2D eigenvalue weighted by Crippen LogP contribution is -2.49. The Labute approximate surface area is 103 Å². The van der Waals surface area contributed by atoms with E-state index in [1.807, 2.05) is 13.8 Å². The van der Waals surface area contributed by atoms with Crippen LogP contribution in [0.2, 0.25) is 0 Å². The van der Waals surface area contributed by atoms with Gasteiger partial charge < -0.3 is 15.4 Å². The van der Waals surface area contributed by atoms with E-state index in [1.54, 1.807) is 0 Å². The van der Waals surface area contributed by atoms with Crippen molar-refractivity contribution >= 4 is 5.91 Å². The van der Waals surface area contributed by atoms with Gasteiger partial charge in [-0.05, 0) is 39.5 Å². The first-order chi connectivity index (χ1) is 8.00. The number of rotatable bonds is 5. The van der Waals surface area contributed by atoms with Crippen molar-refractivity contribution in [3.05, 3.63) is 0 Å². The maximum absolute atomic E-state index is 11.8. The second-order valence-corrected chi connectivity index (χ2v) is 5.88. The molecule has 17 heavy (non-hydrogen) atoms. The molecule has 0 radical (unpaired) electrons. The summed E-state index contributed by atoms with van der Waals surface area (Å²) in [5.41, 5.74) is -0.107. The normalized spacial score (nSPS) is 31.8. The van der Waals surface area contributed by atoms with Crippen molar-refractivity contribution in [2.75, 3.05) is 6.54 Å². The topological polar surface area (TPSA) is 50.4 Å². The number of ether oxygens (including phenoxy) is 1. The minimum atomic E-state index is -0.107. The summed E-state index contributed by atoms with van der Waals surface area (Å²) in [7, 11) is 0. The van der Waals surface area contributed by atoms with Gasteiger partial charge in [-0.3, -0.25) is 4.79 Å². The third-order valence-electron chi connectivity index (χ3n) is 3.99. The Morgan fingerprint density at radius 2 is 2.18 bits per heavy atom. The Kier molecular flexibility index (Phi) is 3.73. The molecule has 2 rings (SSSR count). The quantitative estimate of drug-likeness (QED) is 0.759. The van der Waals surface area contributed by atoms with E-state index < -0.39 is 0 Å². The molecule has 0 spiro atoms. The molecule has 2 heterocycles. The Morgan fingerprint density at radius 3 is 2.71 bits per heavy atom. The Morgan fingerprint density at radius 1 is 1.41 bits per heavy atom. The average molecular weight is 240 g/mol. The molecule has 2 fully saturated rings. The fourth-order valence-electron chi connectivity index (χ4n) is 2.59. The molecule has 3 atom stereocenters. The van der Waals surface area contributed by atoms with Crippen molar-refractivity contribution in [2.24, 2.45) is 0 Å². The molecule has 4 heteroatoms. The number of hydrogen-bond donors (Lipinski definition) is 2. The minimum absolute atomic E-state index is 0.0830. The van der Waals surface area contributed by atoms with Crippen LogP contribution in [0.4, 0.5) is 0 Å². The van der Waals surface area contributed by atoms with Gasteiger partial charge in [0.1, 0.15) is 0 Å². The standard InChI is InChI=1S/C13H24N2O2/c1-4-13(2,3)15-12(16)8-14-10-7-9-5-6-11(10)17-9/h9-11,14H,4-8H2,1-3H3,(H,15,16). The molecule has 98 valence electrons. The smallest absolute Gasteiger partial charge is 0.234 e. The van der Waals surface area contributed by atoms with Crippen LogP contribution in [0.5, 0.6) is 0 Å². The van der Waals surface area contributed by atoms with Crippen molar-refractivity contribution in [3.8, 4) is 0 Å². The van der Waals surface area contributed by atoms with Gasteiger partial charge in [-0.25, -0.2) is 0 Å². The lowest BCUT2D eigenvalue weighted by Gasteiger charge is -2.26. The first kappa shape index (κ1) is 12.8. The molecule has 2 aliphatic rings. The van der Waals surface area contributed by atoms with Gasteiger partial charge >= 0.3 is 0 Å². The van der Waals surface area contributed by atoms with Gasteiger partial charge in [0.15, 0.2) is 0 Å². The molecule has 2 aliphatic heterocycles. The second kappa shape index (κ2) is 4.94. The van der Waals surface area contributed by atoms with E-state index in [0.29, 0.717) is 24.8 Å². The van der Waals surface area contributed by atoms with E-state index in [1.165, 1.54) is 6.42 Å². The lowest BCUT2D eigenvalue weighted by molar-refractivity contribution is -0.122. The molecular weight excluding hydrogens is 216 g/mol. The van der Waals surface area contributed by atoms with E-state index in [9.17, 15) is 4.79 Å². The van der Waals surface area contributed by atoms with Crippen LogP contribution in [-0.2, 0) is 9.53 Å². The van der Waals surface area contributed by atoms with E-state index in [0.717, 1.165) is 19.3 Å². The summed E-state index contributed by atoms with van der Waals surface area (Å²) >= 11 is 0. The van der Waals surface area contributed by atoms with Crippen LogP contribution >= 0.6 is 0 Å². The van der Waals surface area contributed by atoms with Crippen molar-refractivity contribution in [3.63, 3.8) is 0 Å².